The molecule has 7 heteroatoms. The van der Waals surface area contributed by atoms with E-state index in [9.17, 15) is 9.90 Å². The smallest absolute Gasteiger partial charge is 0.324 e. The van der Waals surface area contributed by atoms with Gasteiger partial charge in [0.05, 0.1) is 11.1 Å². The van der Waals surface area contributed by atoms with E-state index in [0.717, 1.165) is 0 Å². The molecule has 2 unspecified atom stereocenters. The summed E-state index contributed by atoms with van der Waals surface area (Å²) in [6.45, 7) is 3.53. The number of hydrogen-bond donors (Lipinski definition) is 3. The van der Waals surface area contributed by atoms with Gasteiger partial charge in [0, 0.05) is 12.6 Å². The quantitative estimate of drug-likeness (QED) is 0.709. The number of carbonyl (C=O) groups excluding carboxylic acids is 1. The van der Waals surface area contributed by atoms with E-state index in [1.807, 2.05) is 0 Å². The van der Waals surface area contributed by atoms with Crippen molar-refractivity contribution < 1.29 is 14.6 Å². The lowest BCUT2D eigenvalue weighted by Gasteiger charge is -2.21. The molecule has 104 valence electrons. The van der Waals surface area contributed by atoms with E-state index in [-0.39, 0.29) is 18.2 Å². The third-order valence-electron chi connectivity index (χ3n) is 2.74. The molecule has 0 amide bonds. The van der Waals surface area contributed by atoms with Gasteiger partial charge in [-0.2, -0.15) is 0 Å². The molecule has 1 fully saturated rings. The van der Waals surface area contributed by atoms with Crippen molar-refractivity contribution in [1.29, 1.82) is 0 Å². The number of esters is 1. The number of aromatic nitrogens is 1. The molecule has 0 spiro atoms. The van der Waals surface area contributed by atoms with Crippen molar-refractivity contribution in [3.8, 4) is 0 Å². The predicted octanol–water partition coefficient (Wildman–Crippen LogP) is 0.698. The Morgan fingerprint density at radius 1 is 1.68 bits per heavy atom. The zero-order valence-corrected chi connectivity index (χ0v) is 11.4. The van der Waals surface area contributed by atoms with Gasteiger partial charge in [-0.1, -0.05) is 11.6 Å². The maximum absolute atomic E-state index is 11.8. The van der Waals surface area contributed by atoms with Crippen LogP contribution in [0.1, 0.15) is 26.0 Å². The van der Waals surface area contributed by atoms with Crippen LogP contribution >= 0.6 is 11.6 Å². The molecule has 2 atom stereocenters. The molecular formula is C12H16ClN3O3. The Bertz CT molecular complexity index is 483. The van der Waals surface area contributed by atoms with Crippen LogP contribution in [0.2, 0.25) is 5.02 Å². The molecule has 1 aliphatic rings. The number of halogens is 1. The molecular weight excluding hydrogens is 270 g/mol. The third-order valence-corrected chi connectivity index (χ3v) is 3.04. The van der Waals surface area contributed by atoms with Crippen LogP contribution in [0.25, 0.3) is 0 Å². The minimum absolute atomic E-state index is 0.0925. The van der Waals surface area contributed by atoms with E-state index in [4.69, 9.17) is 16.3 Å². The first-order chi connectivity index (χ1) is 8.92. The summed E-state index contributed by atoms with van der Waals surface area (Å²) in [5.74, 6) is -0.425. The molecule has 1 saturated heterocycles. The first-order valence-corrected chi connectivity index (χ1v) is 6.37. The van der Waals surface area contributed by atoms with E-state index in [1.165, 1.54) is 6.20 Å². The monoisotopic (exact) mass is 285 g/mol. The standard InChI is InChI=1S/C12H16ClN3O3/c1-7(2)19-11(17)9-6-12(18,16-15-9)10-8(13)4-3-5-14-10/h3-5,7,9,15-16,18H,6H2,1-2H3. The molecule has 1 aromatic rings. The number of nitrogens with zero attached hydrogens (tertiary/aromatic N) is 1. The van der Waals surface area contributed by atoms with Gasteiger partial charge in [-0.15, -0.1) is 0 Å². The first-order valence-electron chi connectivity index (χ1n) is 5.99. The van der Waals surface area contributed by atoms with Gasteiger partial charge in [-0.05, 0) is 26.0 Å². The van der Waals surface area contributed by atoms with Gasteiger partial charge < -0.3 is 9.84 Å². The van der Waals surface area contributed by atoms with E-state index in [2.05, 4.69) is 15.8 Å². The number of rotatable bonds is 3. The van der Waals surface area contributed by atoms with Crippen molar-refractivity contribution in [2.75, 3.05) is 0 Å². The molecule has 0 radical (unpaired) electrons. The highest BCUT2D eigenvalue weighted by Crippen LogP contribution is 2.30. The van der Waals surface area contributed by atoms with Gasteiger partial charge in [0.2, 0.25) is 0 Å². The lowest BCUT2D eigenvalue weighted by Crippen LogP contribution is -2.43. The first kappa shape index (κ1) is 14.2. The van der Waals surface area contributed by atoms with Crippen LogP contribution in [-0.2, 0) is 15.3 Å². The normalized spacial score (nSPS) is 26.7. The molecule has 0 aromatic carbocycles. The van der Waals surface area contributed by atoms with E-state index in [1.54, 1.807) is 26.0 Å². The van der Waals surface area contributed by atoms with Gasteiger partial charge in [0.1, 0.15) is 11.7 Å². The summed E-state index contributed by atoms with van der Waals surface area (Å²) in [4.78, 5) is 15.8. The third kappa shape index (κ3) is 3.03. The average molecular weight is 286 g/mol. The zero-order valence-electron chi connectivity index (χ0n) is 10.7. The van der Waals surface area contributed by atoms with E-state index >= 15 is 0 Å². The van der Waals surface area contributed by atoms with Crippen molar-refractivity contribution in [3.63, 3.8) is 0 Å². The SMILES string of the molecule is CC(C)OC(=O)C1CC(O)(c2ncccc2Cl)NN1. The number of carbonyl (C=O) groups is 1. The predicted molar refractivity (Wildman–Crippen MR) is 69.0 cm³/mol. The topological polar surface area (TPSA) is 83.5 Å². The van der Waals surface area contributed by atoms with Crippen LogP contribution in [-0.4, -0.2) is 28.2 Å². The molecule has 0 bridgehead atoms. The number of hydrogen-bond acceptors (Lipinski definition) is 6. The number of pyridine rings is 1. The highest BCUT2D eigenvalue weighted by atomic mass is 35.5. The molecule has 2 rings (SSSR count). The van der Waals surface area contributed by atoms with Crippen molar-refractivity contribution in [3.05, 3.63) is 29.0 Å². The number of aliphatic hydroxyl groups is 1. The lowest BCUT2D eigenvalue weighted by molar-refractivity contribution is -0.150. The second-order valence-electron chi connectivity index (χ2n) is 4.71. The van der Waals surface area contributed by atoms with Gasteiger partial charge in [-0.25, -0.2) is 10.9 Å². The largest absolute Gasteiger partial charge is 0.462 e. The van der Waals surface area contributed by atoms with Gasteiger partial charge >= 0.3 is 5.97 Å². The number of ether oxygens (including phenoxy) is 1. The fraction of sp³-hybridized carbons (Fsp3) is 0.500. The molecule has 3 N–H and O–H groups in total. The Balaban J connectivity index is 2.13. The van der Waals surface area contributed by atoms with Crippen LogP contribution in [0.3, 0.4) is 0 Å². The summed E-state index contributed by atoms with van der Waals surface area (Å²) >= 11 is 6.00. The summed E-state index contributed by atoms with van der Waals surface area (Å²) in [7, 11) is 0. The van der Waals surface area contributed by atoms with Crippen LogP contribution in [0.5, 0.6) is 0 Å². The van der Waals surface area contributed by atoms with Gasteiger partial charge in [-0.3, -0.25) is 9.78 Å². The molecule has 1 aliphatic heterocycles. The van der Waals surface area contributed by atoms with Crippen LogP contribution in [0, 0.1) is 0 Å². The Morgan fingerprint density at radius 2 is 2.42 bits per heavy atom. The molecule has 19 heavy (non-hydrogen) atoms. The Kier molecular flexibility index (Phi) is 4.05. The van der Waals surface area contributed by atoms with Crippen molar-refractivity contribution in [2.24, 2.45) is 0 Å². The maximum atomic E-state index is 11.8. The highest BCUT2D eigenvalue weighted by Gasteiger charge is 2.44. The molecule has 0 saturated carbocycles. The Hall–Kier alpha value is -1.21. The van der Waals surface area contributed by atoms with Crippen LogP contribution in [0.15, 0.2) is 18.3 Å². The van der Waals surface area contributed by atoms with E-state index in [0.29, 0.717) is 5.02 Å². The summed E-state index contributed by atoms with van der Waals surface area (Å²) in [6.07, 6.45) is 1.41. The highest BCUT2D eigenvalue weighted by molar-refractivity contribution is 6.31. The van der Waals surface area contributed by atoms with Crippen molar-refractivity contribution >= 4 is 17.6 Å². The summed E-state index contributed by atoms with van der Waals surface area (Å²) in [6, 6.07) is 2.65. The van der Waals surface area contributed by atoms with Crippen LogP contribution in [0.4, 0.5) is 0 Å². The van der Waals surface area contributed by atoms with Gasteiger partial charge in [0.25, 0.3) is 0 Å². The Morgan fingerprint density at radius 3 is 3.05 bits per heavy atom. The fourth-order valence-electron chi connectivity index (χ4n) is 1.91. The average Bonchev–Trinajstić information content (AvgIpc) is 2.73. The zero-order chi connectivity index (χ0) is 14.0. The van der Waals surface area contributed by atoms with Crippen LogP contribution < -0.4 is 10.9 Å². The minimum Gasteiger partial charge on any atom is -0.462 e. The minimum atomic E-state index is -1.49. The summed E-state index contributed by atoms with van der Waals surface area (Å²) in [5.41, 5.74) is 4.15. The molecule has 1 aromatic heterocycles. The molecule has 6 nitrogen and oxygen atoms in total. The number of nitrogens with one attached hydrogen (secondary N) is 2. The summed E-state index contributed by atoms with van der Waals surface area (Å²) < 4.78 is 5.09. The number of hydrazine groups is 1. The van der Waals surface area contributed by atoms with E-state index < -0.39 is 17.7 Å². The van der Waals surface area contributed by atoms with Crippen molar-refractivity contribution in [1.82, 2.24) is 15.8 Å². The van der Waals surface area contributed by atoms with Crippen molar-refractivity contribution in [2.45, 2.75) is 38.1 Å². The molecule has 2 heterocycles. The molecule has 0 aliphatic carbocycles. The Labute approximate surface area is 116 Å². The second kappa shape index (κ2) is 5.42. The summed E-state index contributed by atoms with van der Waals surface area (Å²) in [5, 5.41) is 10.8. The maximum Gasteiger partial charge on any atom is 0.324 e. The van der Waals surface area contributed by atoms with Gasteiger partial charge in [0.15, 0.2) is 5.72 Å². The fourth-order valence-corrected chi connectivity index (χ4v) is 2.18. The second-order valence-corrected chi connectivity index (χ2v) is 5.11. The lowest BCUT2D eigenvalue weighted by atomic mass is 10.0.